The highest BCUT2D eigenvalue weighted by atomic mass is 16.6. The third kappa shape index (κ3) is 4.58. The van der Waals surface area contributed by atoms with Crippen LogP contribution in [0.2, 0.25) is 0 Å². The van der Waals surface area contributed by atoms with Crippen LogP contribution >= 0.6 is 0 Å². The van der Waals surface area contributed by atoms with E-state index in [9.17, 15) is 14.4 Å². The van der Waals surface area contributed by atoms with E-state index >= 15 is 0 Å². The predicted molar refractivity (Wildman–Crippen MR) is 87.1 cm³/mol. The molecule has 0 radical (unpaired) electrons. The summed E-state index contributed by atoms with van der Waals surface area (Å²) in [6, 6.07) is 3.23. The highest BCUT2D eigenvalue weighted by Gasteiger charge is 2.24. The summed E-state index contributed by atoms with van der Waals surface area (Å²) in [7, 11) is 0. The Morgan fingerprint density at radius 2 is 1.96 bits per heavy atom. The standard InChI is InChI=1S/C16H23N3O4/c1-16(2,3)23-15(22)19-8-4-7-18(9-10-19)13-6-5-12(11-20)14(21)17-13/h5-6,11H,4,7-10H2,1-3H3,(H,17,21). The zero-order chi connectivity index (χ0) is 17.0. The molecule has 126 valence electrons. The van der Waals surface area contributed by atoms with Crippen molar-refractivity contribution in [3.05, 3.63) is 28.0 Å². The Kier molecular flexibility index (Phi) is 5.08. The van der Waals surface area contributed by atoms with Crippen LogP contribution in [-0.4, -0.2) is 54.0 Å². The molecular weight excluding hydrogens is 298 g/mol. The van der Waals surface area contributed by atoms with Crippen molar-refractivity contribution in [3.63, 3.8) is 0 Å². The molecule has 0 atom stereocenters. The number of amides is 1. The zero-order valence-electron chi connectivity index (χ0n) is 13.8. The molecule has 1 amide bonds. The highest BCUT2D eigenvalue weighted by molar-refractivity contribution is 5.74. The Hall–Kier alpha value is -2.31. The van der Waals surface area contributed by atoms with E-state index in [2.05, 4.69) is 4.98 Å². The first-order valence-corrected chi connectivity index (χ1v) is 7.71. The van der Waals surface area contributed by atoms with E-state index in [4.69, 9.17) is 4.74 Å². The van der Waals surface area contributed by atoms with Gasteiger partial charge in [0, 0.05) is 26.2 Å². The quantitative estimate of drug-likeness (QED) is 0.837. The van der Waals surface area contributed by atoms with Crippen molar-refractivity contribution in [2.45, 2.75) is 32.8 Å². The number of H-pyrrole nitrogens is 1. The van der Waals surface area contributed by atoms with Gasteiger partial charge in [-0.15, -0.1) is 0 Å². The Bertz CT molecular complexity index is 633. The van der Waals surface area contributed by atoms with Gasteiger partial charge in [0.2, 0.25) is 0 Å². The molecule has 1 fully saturated rings. The van der Waals surface area contributed by atoms with Gasteiger partial charge in [0.15, 0.2) is 6.29 Å². The lowest BCUT2D eigenvalue weighted by molar-refractivity contribution is 0.0263. The van der Waals surface area contributed by atoms with Crippen LogP contribution in [0.15, 0.2) is 16.9 Å². The molecule has 0 saturated carbocycles. The third-order valence-electron chi connectivity index (χ3n) is 3.54. The molecular formula is C16H23N3O4. The number of aromatic amines is 1. The van der Waals surface area contributed by atoms with Crippen LogP contribution < -0.4 is 10.5 Å². The van der Waals surface area contributed by atoms with Crippen LogP contribution in [0.25, 0.3) is 0 Å². The molecule has 0 unspecified atom stereocenters. The summed E-state index contributed by atoms with van der Waals surface area (Å²) >= 11 is 0. The monoisotopic (exact) mass is 321 g/mol. The molecule has 1 saturated heterocycles. The van der Waals surface area contributed by atoms with Gasteiger partial charge in [0.1, 0.15) is 11.4 Å². The van der Waals surface area contributed by atoms with Crippen molar-refractivity contribution in [2.75, 3.05) is 31.1 Å². The molecule has 1 aromatic rings. The van der Waals surface area contributed by atoms with Crippen molar-refractivity contribution in [1.82, 2.24) is 9.88 Å². The average molecular weight is 321 g/mol. The number of anilines is 1. The highest BCUT2D eigenvalue weighted by Crippen LogP contribution is 2.15. The van der Waals surface area contributed by atoms with E-state index in [0.717, 1.165) is 13.0 Å². The second-order valence-electron chi connectivity index (χ2n) is 6.55. The van der Waals surface area contributed by atoms with Gasteiger partial charge in [0.05, 0.1) is 5.56 Å². The molecule has 2 heterocycles. The van der Waals surface area contributed by atoms with Crippen molar-refractivity contribution in [3.8, 4) is 0 Å². The molecule has 1 N–H and O–H groups in total. The number of nitrogens with one attached hydrogen (secondary N) is 1. The van der Waals surface area contributed by atoms with E-state index in [1.807, 2.05) is 25.7 Å². The number of pyridine rings is 1. The maximum Gasteiger partial charge on any atom is 0.410 e. The van der Waals surface area contributed by atoms with Crippen molar-refractivity contribution < 1.29 is 14.3 Å². The Labute approximate surface area is 135 Å². The van der Waals surface area contributed by atoms with Crippen molar-refractivity contribution in [2.24, 2.45) is 0 Å². The Morgan fingerprint density at radius 1 is 1.22 bits per heavy atom. The molecule has 1 aliphatic rings. The van der Waals surface area contributed by atoms with Crippen LogP contribution in [0.4, 0.5) is 10.6 Å². The minimum atomic E-state index is -0.515. The van der Waals surface area contributed by atoms with Gasteiger partial charge in [-0.3, -0.25) is 9.59 Å². The first kappa shape index (κ1) is 17.1. The normalized spacial score (nSPS) is 16.0. The smallest absolute Gasteiger partial charge is 0.410 e. The molecule has 2 rings (SSSR count). The summed E-state index contributed by atoms with van der Waals surface area (Å²) in [5.74, 6) is 0.659. The Morgan fingerprint density at radius 3 is 2.57 bits per heavy atom. The van der Waals surface area contributed by atoms with E-state index in [1.54, 1.807) is 11.0 Å². The van der Waals surface area contributed by atoms with Crippen molar-refractivity contribution >= 4 is 18.2 Å². The topological polar surface area (TPSA) is 82.7 Å². The molecule has 7 heteroatoms. The summed E-state index contributed by atoms with van der Waals surface area (Å²) in [6.07, 6.45) is 0.996. The summed E-state index contributed by atoms with van der Waals surface area (Å²) in [5.41, 5.74) is -0.802. The molecule has 1 aliphatic heterocycles. The van der Waals surface area contributed by atoms with E-state index in [0.29, 0.717) is 31.7 Å². The largest absolute Gasteiger partial charge is 0.444 e. The molecule has 1 aromatic heterocycles. The van der Waals surface area contributed by atoms with E-state index in [1.165, 1.54) is 6.07 Å². The van der Waals surface area contributed by atoms with Gasteiger partial charge < -0.3 is 19.5 Å². The molecule has 23 heavy (non-hydrogen) atoms. The first-order valence-electron chi connectivity index (χ1n) is 7.71. The lowest BCUT2D eigenvalue weighted by atomic mass is 10.2. The number of nitrogens with zero attached hydrogens (tertiary/aromatic N) is 2. The van der Waals surface area contributed by atoms with Crippen LogP contribution in [0.3, 0.4) is 0 Å². The molecule has 0 aliphatic carbocycles. The number of hydrogen-bond acceptors (Lipinski definition) is 5. The van der Waals surface area contributed by atoms with E-state index < -0.39 is 11.2 Å². The predicted octanol–water partition coefficient (Wildman–Crippen LogP) is 1.63. The number of carbonyl (C=O) groups excluding carboxylic acids is 2. The van der Waals surface area contributed by atoms with Gasteiger partial charge in [-0.25, -0.2) is 4.79 Å². The lowest BCUT2D eigenvalue weighted by Gasteiger charge is -2.26. The van der Waals surface area contributed by atoms with Crippen LogP contribution in [-0.2, 0) is 4.74 Å². The molecule has 0 aromatic carbocycles. The van der Waals surface area contributed by atoms with E-state index in [-0.39, 0.29) is 11.7 Å². The third-order valence-corrected chi connectivity index (χ3v) is 3.54. The van der Waals surface area contributed by atoms with Crippen LogP contribution in [0.1, 0.15) is 37.6 Å². The summed E-state index contributed by atoms with van der Waals surface area (Å²) in [6.45, 7) is 7.97. The summed E-state index contributed by atoms with van der Waals surface area (Å²) in [4.78, 5) is 41.0. The second kappa shape index (κ2) is 6.85. The van der Waals surface area contributed by atoms with Gasteiger partial charge in [-0.1, -0.05) is 0 Å². The van der Waals surface area contributed by atoms with Crippen LogP contribution in [0.5, 0.6) is 0 Å². The number of rotatable bonds is 2. The van der Waals surface area contributed by atoms with Gasteiger partial charge >= 0.3 is 6.09 Å². The summed E-state index contributed by atoms with van der Waals surface area (Å²) < 4.78 is 5.39. The minimum absolute atomic E-state index is 0.110. The average Bonchev–Trinajstić information content (AvgIpc) is 2.71. The number of hydrogen-bond donors (Lipinski definition) is 1. The second-order valence-corrected chi connectivity index (χ2v) is 6.55. The number of carbonyl (C=O) groups is 2. The SMILES string of the molecule is CC(C)(C)OC(=O)N1CCCN(c2ccc(C=O)c(=O)[nH]2)CC1. The van der Waals surface area contributed by atoms with Gasteiger partial charge in [-0.2, -0.15) is 0 Å². The number of aromatic nitrogens is 1. The van der Waals surface area contributed by atoms with Crippen molar-refractivity contribution in [1.29, 1.82) is 0 Å². The molecule has 7 nitrogen and oxygen atoms in total. The number of aldehydes is 1. The van der Waals surface area contributed by atoms with Gasteiger partial charge in [-0.05, 0) is 39.3 Å². The fourth-order valence-electron chi connectivity index (χ4n) is 2.42. The van der Waals surface area contributed by atoms with Gasteiger partial charge in [0.25, 0.3) is 5.56 Å². The zero-order valence-corrected chi connectivity index (χ0v) is 13.8. The Balaban J connectivity index is 2.04. The maximum atomic E-state index is 12.1. The fourth-order valence-corrected chi connectivity index (χ4v) is 2.42. The fraction of sp³-hybridized carbons (Fsp3) is 0.562. The van der Waals surface area contributed by atoms with Crippen LogP contribution in [0, 0.1) is 0 Å². The molecule has 0 spiro atoms. The summed E-state index contributed by atoms with van der Waals surface area (Å²) in [5, 5.41) is 0. The minimum Gasteiger partial charge on any atom is -0.444 e. The maximum absolute atomic E-state index is 12.1. The number of ether oxygens (including phenoxy) is 1. The molecule has 0 bridgehead atoms. The first-order chi connectivity index (χ1) is 10.8. The lowest BCUT2D eigenvalue weighted by Crippen LogP contribution is -2.39.